The van der Waals surface area contributed by atoms with Gasteiger partial charge in [-0.2, -0.15) is 0 Å². The zero-order valence-corrected chi connectivity index (χ0v) is 11.0. The molecule has 0 spiro atoms. The van der Waals surface area contributed by atoms with E-state index in [1.807, 2.05) is 6.92 Å². The number of hydrogen-bond acceptors (Lipinski definition) is 2. The van der Waals surface area contributed by atoms with Gasteiger partial charge in [0.05, 0.1) is 5.60 Å². The normalized spacial score (nSPS) is 14.6. The lowest BCUT2D eigenvalue weighted by atomic mass is 10.0. The van der Waals surface area contributed by atoms with Gasteiger partial charge < -0.3 is 10.4 Å². The third-order valence-electron chi connectivity index (χ3n) is 2.62. The molecule has 1 rings (SSSR count). The smallest absolute Gasteiger partial charge is 0.127 e. The van der Waals surface area contributed by atoms with Gasteiger partial charge in [0, 0.05) is 23.7 Å². The number of rotatable bonds is 6. The van der Waals surface area contributed by atoms with Crippen LogP contribution in [0.1, 0.15) is 32.3 Å². The van der Waals surface area contributed by atoms with Crippen LogP contribution in [0.5, 0.6) is 0 Å². The van der Waals surface area contributed by atoms with Gasteiger partial charge in [-0.25, -0.2) is 4.39 Å². The lowest BCUT2D eigenvalue weighted by molar-refractivity contribution is 0.0497. The van der Waals surface area contributed by atoms with E-state index in [1.54, 1.807) is 13.0 Å². The maximum absolute atomic E-state index is 13.4. The van der Waals surface area contributed by atoms with Crippen LogP contribution in [0.15, 0.2) is 18.2 Å². The topological polar surface area (TPSA) is 32.3 Å². The summed E-state index contributed by atoms with van der Waals surface area (Å²) in [7, 11) is 0. The van der Waals surface area contributed by atoms with E-state index in [9.17, 15) is 9.50 Å². The van der Waals surface area contributed by atoms with Crippen molar-refractivity contribution in [3.63, 3.8) is 0 Å². The molecule has 0 saturated carbocycles. The van der Waals surface area contributed by atoms with E-state index >= 15 is 0 Å². The molecule has 1 atom stereocenters. The van der Waals surface area contributed by atoms with Crippen molar-refractivity contribution in [2.75, 3.05) is 6.54 Å². The predicted molar refractivity (Wildman–Crippen MR) is 68.6 cm³/mol. The number of nitrogens with one attached hydrogen (secondary N) is 1. The first-order chi connectivity index (χ1) is 7.94. The largest absolute Gasteiger partial charge is 0.389 e. The van der Waals surface area contributed by atoms with Crippen molar-refractivity contribution in [2.45, 2.75) is 38.8 Å². The van der Waals surface area contributed by atoms with E-state index < -0.39 is 5.60 Å². The number of hydrogen-bond donors (Lipinski definition) is 2. The molecule has 0 amide bonds. The molecule has 0 fully saturated rings. The van der Waals surface area contributed by atoms with Crippen LogP contribution < -0.4 is 5.32 Å². The maximum atomic E-state index is 13.4. The Morgan fingerprint density at radius 3 is 2.82 bits per heavy atom. The minimum absolute atomic E-state index is 0.281. The molecule has 2 N–H and O–H groups in total. The Hall–Kier alpha value is -0.640. The van der Waals surface area contributed by atoms with Gasteiger partial charge in [0.15, 0.2) is 0 Å². The summed E-state index contributed by atoms with van der Waals surface area (Å²) in [5, 5.41) is 13.5. The predicted octanol–water partition coefficient (Wildman–Crippen LogP) is 3.12. The Morgan fingerprint density at radius 1 is 1.47 bits per heavy atom. The maximum Gasteiger partial charge on any atom is 0.127 e. The molecule has 0 heterocycles. The van der Waals surface area contributed by atoms with Gasteiger partial charge in [-0.15, -0.1) is 0 Å². The molecule has 0 saturated heterocycles. The number of halogens is 2. The first-order valence-electron chi connectivity index (χ1n) is 5.81. The molecule has 1 aromatic carbocycles. The van der Waals surface area contributed by atoms with Crippen LogP contribution >= 0.6 is 11.6 Å². The molecular formula is C13H19ClFNO. The van der Waals surface area contributed by atoms with Gasteiger partial charge in [0.1, 0.15) is 5.82 Å². The average molecular weight is 260 g/mol. The summed E-state index contributed by atoms with van der Waals surface area (Å²) in [4.78, 5) is 0. The second-order valence-corrected chi connectivity index (χ2v) is 5.02. The molecule has 0 radical (unpaired) electrons. The standard InChI is InChI=1S/C13H19ClFNO/c1-3-6-13(2,17)9-16-8-10-7-11(14)4-5-12(10)15/h4-5,7,16-17H,3,6,8-9H2,1-2H3. The Kier molecular flexibility index (Phi) is 5.37. The Morgan fingerprint density at radius 2 is 2.18 bits per heavy atom. The molecular weight excluding hydrogens is 241 g/mol. The van der Waals surface area contributed by atoms with Gasteiger partial charge in [0.25, 0.3) is 0 Å². The fourth-order valence-electron chi connectivity index (χ4n) is 1.77. The Balaban J connectivity index is 2.48. The third kappa shape index (κ3) is 5.02. The van der Waals surface area contributed by atoms with Crippen molar-refractivity contribution in [2.24, 2.45) is 0 Å². The second kappa shape index (κ2) is 6.34. The van der Waals surface area contributed by atoms with Crippen LogP contribution in [0.25, 0.3) is 0 Å². The van der Waals surface area contributed by atoms with E-state index in [2.05, 4.69) is 5.32 Å². The highest BCUT2D eigenvalue weighted by Gasteiger charge is 2.18. The summed E-state index contributed by atoms with van der Waals surface area (Å²) in [5.41, 5.74) is -0.228. The SMILES string of the molecule is CCCC(C)(O)CNCc1cc(Cl)ccc1F. The van der Waals surface area contributed by atoms with E-state index in [4.69, 9.17) is 11.6 Å². The molecule has 1 aromatic rings. The van der Waals surface area contributed by atoms with Crippen LogP contribution in [0.2, 0.25) is 5.02 Å². The summed E-state index contributed by atoms with van der Waals surface area (Å²) in [5.74, 6) is -0.281. The number of benzene rings is 1. The van der Waals surface area contributed by atoms with Crippen LogP contribution in [0, 0.1) is 5.82 Å². The van der Waals surface area contributed by atoms with Crippen LogP contribution in [-0.4, -0.2) is 17.3 Å². The van der Waals surface area contributed by atoms with Gasteiger partial charge >= 0.3 is 0 Å². The van der Waals surface area contributed by atoms with Crippen LogP contribution in [0.4, 0.5) is 4.39 Å². The van der Waals surface area contributed by atoms with E-state index in [1.165, 1.54) is 12.1 Å². The molecule has 96 valence electrons. The van der Waals surface area contributed by atoms with Crippen molar-refractivity contribution >= 4 is 11.6 Å². The molecule has 1 unspecified atom stereocenters. The van der Waals surface area contributed by atoms with Gasteiger partial charge in [0.2, 0.25) is 0 Å². The summed E-state index contributed by atoms with van der Waals surface area (Å²) in [6.45, 7) is 4.60. The molecule has 2 nitrogen and oxygen atoms in total. The molecule has 0 aliphatic carbocycles. The minimum Gasteiger partial charge on any atom is -0.389 e. The molecule has 17 heavy (non-hydrogen) atoms. The molecule has 0 aliphatic rings. The van der Waals surface area contributed by atoms with Crippen molar-refractivity contribution in [1.82, 2.24) is 5.32 Å². The van der Waals surface area contributed by atoms with Crippen molar-refractivity contribution in [3.05, 3.63) is 34.6 Å². The molecule has 0 bridgehead atoms. The highest BCUT2D eigenvalue weighted by Crippen LogP contribution is 2.15. The summed E-state index contributed by atoms with van der Waals surface area (Å²) in [6.07, 6.45) is 1.64. The third-order valence-corrected chi connectivity index (χ3v) is 2.85. The first-order valence-corrected chi connectivity index (χ1v) is 6.19. The summed E-state index contributed by atoms with van der Waals surface area (Å²) >= 11 is 5.79. The lowest BCUT2D eigenvalue weighted by Gasteiger charge is -2.23. The van der Waals surface area contributed by atoms with Gasteiger partial charge in [-0.3, -0.25) is 0 Å². The number of aliphatic hydroxyl groups is 1. The zero-order chi connectivity index (χ0) is 12.9. The molecule has 0 aliphatic heterocycles. The van der Waals surface area contributed by atoms with Gasteiger partial charge in [-0.1, -0.05) is 24.9 Å². The highest BCUT2D eigenvalue weighted by atomic mass is 35.5. The van der Waals surface area contributed by atoms with Crippen molar-refractivity contribution in [1.29, 1.82) is 0 Å². The highest BCUT2D eigenvalue weighted by molar-refractivity contribution is 6.30. The fraction of sp³-hybridized carbons (Fsp3) is 0.538. The van der Waals surface area contributed by atoms with Crippen LogP contribution in [0.3, 0.4) is 0 Å². The van der Waals surface area contributed by atoms with Gasteiger partial charge in [-0.05, 0) is 31.5 Å². The van der Waals surface area contributed by atoms with Crippen molar-refractivity contribution < 1.29 is 9.50 Å². The quantitative estimate of drug-likeness (QED) is 0.823. The van der Waals surface area contributed by atoms with E-state index in [-0.39, 0.29) is 5.82 Å². The second-order valence-electron chi connectivity index (χ2n) is 4.59. The monoisotopic (exact) mass is 259 g/mol. The van der Waals surface area contributed by atoms with Crippen LogP contribution in [-0.2, 0) is 6.54 Å². The van der Waals surface area contributed by atoms with Crippen molar-refractivity contribution in [3.8, 4) is 0 Å². The van der Waals surface area contributed by atoms with E-state index in [0.717, 1.165) is 12.8 Å². The molecule has 4 heteroatoms. The average Bonchev–Trinajstić information content (AvgIpc) is 2.23. The Bertz CT molecular complexity index is 368. The Labute approximate surface area is 107 Å². The fourth-order valence-corrected chi connectivity index (χ4v) is 1.97. The summed E-state index contributed by atoms with van der Waals surface area (Å²) < 4.78 is 13.4. The summed E-state index contributed by atoms with van der Waals surface area (Å²) in [6, 6.07) is 4.47. The first kappa shape index (κ1) is 14.4. The molecule has 0 aromatic heterocycles. The van der Waals surface area contributed by atoms with E-state index in [0.29, 0.717) is 23.7 Å². The zero-order valence-electron chi connectivity index (χ0n) is 10.3. The minimum atomic E-state index is -0.746. The lowest BCUT2D eigenvalue weighted by Crippen LogP contribution is -2.37.